The van der Waals surface area contributed by atoms with Gasteiger partial charge in [-0.2, -0.15) is 0 Å². The Balaban J connectivity index is 2.47. The first kappa shape index (κ1) is 16.0. The molecule has 0 bridgehead atoms. The number of hydroxylamine groups is 1. The standard InChI is InChI=1S/C17H21N3O2/c1-11(2)20-13(4)18-12(3)17(20)15-7-5-6-14(10-15)8-9-16(21)19-22/h5-11,22H,1-4H3,(H,19,21). The van der Waals surface area contributed by atoms with Crippen LogP contribution in [0.25, 0.3) is 17.3 Å². The number of hydrogen-bond acceptors (Lipinski definition) is 3. The summed E-state index contributed by atoms with van der Waals surface area (Å²) >= 11 is 0. The predicted octanol–water partition coefficient (Wildman–Crippen LogP) is 3.27. The molecule has 0 spiro atoms. The molecule has 0 aliphatic carbocycles. The Morgan fingerprint density at radius 3 is 2.73 bits per heavy atom. The van der Waals surface area contributed by atoms with Crippen molar-refractivity contribution in [2.24, 2.45) is 0 Å². The highest BCUT2D eigenvalue weighted by atomic mass is 16.5. The fourth-order valence-corrected chi connectivity index (χ4v) is 2.66. The third-order valence-corrected chi connectivity index (χ3v) is 3.48. The number of benzene rings is 1. The van der Waals surface area contributed by atoms with E-state index in [1.54, 1.807) is 11.6 Å². The largest absolute Gasteiger partial charge is 0.325 e. The van der Waals surface area contributed by atoms with Gasteiger partial charge in [-0.1, -0.05) is 18.2 Å². The second-order valence-corrected chi connectivity index (χ2v) is 5.49. The van der Waals surface area contributed by atoms with Crippen LogP contribution in [0.5, 0.6) is 0 Å². The second kappa shape index (κ2) is 6.58. The van der Waals surface area contributed by atoms with E-state index in [4.69, 9.17) is 5.21 Å². The summed E-state index contributed by atoms with van der Waals surface area (Å²) in [6.45, 7) is 8.27. The van der Waals surface area contributed by atoms with Crippen LogP contribution in [0.4, 0.5) is 0 Å². The Bertz CT molecular complexity index is 715. The summed E-state index contributed by atoms with van der Waals surface area (Å²) in [6, 6.07) is 8.20. The number of rotatable bonds is 4. The summed E-state index contributed by atoms with van der Waals surface area (Å²) < 4.78 is 2.21. The van der Waals surface area contributed by atoms with Gasteiger partial charge in [-0.3, -0.25) is 10.0 Å². The van der Waals surface area contributed by atoms with Gasteiger partial charge in [-0.25, -0.2) is 10.5 Å². The Morgan fingerprint density at radius 1 is 1.36 bits per heavy atom. The summed E-state index contributed by atoms with van der Waals surface area (Å²) in [5.41, 5.74) is 5.59. The van der Waals surface area contributed by atoms with Gasteiger partial charge in [0.25, 0.3) is 5.91 Å². The molecule has 116 valence electrons. The van der Waals surface area contributed by atoms with Crippen LogP contribution in [-0.2, 0) is 4.79 Å². The minimum atomic E-state index is -0.551. The summed E-state index contributed by atoms with van der Waals surface area (Å²) in [6.07, 6.45) is 2.95. The maximum atomic E-state index is 11.1. The molecule has 1 aromatic carbocycles. The quantitative estimate of drug-likeness (QED) is 0.517. The first-order chi connectivity index (χ1) is 10.4. The van der Waals surface area contributed by atoms with Crippen LogP contribution in [0.1, 0.15) is 37.0 Å². The third-order valence-electron chi connectivity index (χ3n) is 3.48. The average Bonchev–Trinajstić information content (AvgIpc) is 2.79. The minimum absolute atomic E-state index is 0.315. The number of aryl methyl sites for hydroxylation is 2. The summed E-state index contributed by atoms with van der Waals surface area (Å²) in [5, 5.41) is 8.52. The molecule has 5 heteroatoms. The van der Waals surface area contributed by atoms with Gasteiger partial charge in [0.05, 0.1) is 11.4 Å². The molecule has 0 fully saturated rings. The zero-order valence-corrected chi connectivity index (χ0v) is 13.3. The van der Waals surface area contributed by atoms with Crippen molar-refractivity contribution in [3.63, 3.8) is 0 Å². The smallest absolute Gasteiger partial charge is 0.267 e. The molecule has 1 amide bonds. The number of nitrogens with one attached hydrogen (secondary N) is 1. The van der Waals surface area contributed by atoms with E-state index in [2.05, 4.69) is 23.4 Å². The monoisotopic (exact) mass is 299 g/mol. The molecule has 0 radical (unpaired) electrons. The lowest BCUT2D eigenvalue weighted by Gasteiger charge is -2.15. The molecule has 0 aliphatic heterocycles. The molecule has 2 rings (SSSR count). The molecule has 1 heterocycles. The molecule has 0 saturated carbocycles. The molecule has 0 saturated heterocycles. The minimum Gasteiger partial charge on any atom is -0.325 e. The predicted molar refractivity (Wildman–Crippen MR) is 86.5 cm³/mol. The van der Waals surface area contributed by atoms with Crippen LogP contribution >= 0.6 is 0 Å². The number of imidazole rings is 1. The Labute approximate surface area is 130 Å². The fraction of sp³-hybridized carbons (Fsp3) is 0.294. The number of nitrogens with zero attached hydrogens (tertiary/aromatic N) is 2. The number of aromatic nitrogens is 2. The van der Waals surface area contributed by atoms with Crippen molar-refractivity contribution in [2.75, 3.05) is 0 Å². The highest BCUT2D eigenvalue weighted by Gasteiger charge is 2.15. The highest BCUT2D eigenvalue weighted by molar-refractivity contribution is 5.91. The molecule has 0 unspecified atom stereocenters. The highest BCUT2D eigenvalue weighted by Crippen LogP contribution is 2.28. The Kier molecular flexibility index (Phi) is 4.78. The topological polar surface area (TPSA) is 67.2 Å². The first-order valence-electron chi connectivity index (χ1n) is 7.22. The van der Waals surface area contributed by atoms with Crippen molar-refractivity contribution in [1.82, 2.24) is 15.0 Å². The van der Waals surface area contributed by atoms with E-state index in [1.807, 2.05) is 38.1 Å². The van der Waals surface area contributed by atoms with Crippen LogP contribution in [0.3, 0.4) is 0 Å². The average molecular weight is 299 g/mol. The summed E-state index contributed by atoms with van der Waals surface area (Å²) in [7, 11) is 0. The molecule has 0 atom stereocenters. The van der Waals surface area contributed by atoms with Crippen molar-refractivity contribution in [2.45, 2.75) is 33.7 Å². The van der Waals surface area contributed by atoms with E-state index >= 15 is 0 Å². The van der Waals surface area contributed by atoms with Crippen LogP contribution < -0.4 is 5.48 Å². The number of carbonyl (C=O) groups is 1. The van der Waals surface area contributed by atoms with E-state index < -0.39 is 5.91 Å². The Hall–Kier alpha value is -2.40. The van der Waals surface area contributed by atoms with Gasteiger partial charge in [-0.05, 0) is 45.4 Å². The molecule has 1 aromatic heterocycles. The van der Waals surface area contributed by atoms with Gasteiger partial charge < -0.3 is 4.57 Å². The fourth-order valence-electron chi connectivity index (χ4n) is 2.66. The summed E-state index contributed by atoms with van der Waals surface area (Å²) in [4.78, 5) is 15.7. The van der Waals surface area contributed by atoms with Gasteiger partial charge >= 0.3 is 0 Å². The molecule has 2 N–H and O–H groups in total. The van der Waals surface area contributed by atoms with E-state index in [9.17, 15) is 4.79 Å². The van der Waals surface area contributed by atoms with Gasteiger partial charge in [0.1, 0.15) is 5.82 Å². The van der Waals surface area contributed by atoms with Gasteiger partial charge in [-0.15, -0.1) is 0 Å². The molecular formula is C17H21N3O2. The van der Waals surface area contributed by atoms with Gasteiger partial charge in [0.2, 0.25) is 0 Å². The van der Waals surface area contributed by atoms with Crippen molar-refractivity contribution in [1.29, 1.82) is 0 Å². The van der Waals surface area contributed by atoms with Crippen molar-refractivity contribution in [3.8, 4) is 11.3 Å². The van der Waals surface area contributed by atoms with E-state index in [0.29, 0.717) is 6.04 Å². The van der Waals surface area contributed by atoms with Crippen LogP contribution in [-0.4, -0.2) is 20.7 Å². The van der Waals surface area contributed by atoms with Crippen molar-refractivity contribution < 1.29 is 10.0 Å². The Morgan fingerprint density at radius 2 is 2.09 bits per heavy atom. The normalized spacial score (nSPS) is 11.4. The summed E-state index contributed by atoms with van der Waals surface area (Å²) in [5.74, 6) is 0.438. The van der Waals surface area contributed by atoms with Gasteiger partial charge in [0, 0.05) is 17.7 Å². The van der Waals surface area contributed by atoms with E-state index in [0.717, 1.165) is 28.3 Å². The molecule has 22 heavy (non-hydrogen) atoms. The number of carbonyl (C=O) groups excluding carboxylic acids is 1. The van der Waals surface area contributed by atoms with Crippen LogP contribution in [0.2, 0.25) is 0 Å². The lowest BCUT2D eigenvalue weighted by molar-refractivity contribution is -0.124. The number of amides is 1. The SMILES string of the molecule is Cc1nc(C)n(C(C)C)c1-c1cccc(C=CC(=O)NO)c1. The molecule has 5 nitrogen and oxygen atoms in total. The molecular weight excluding hydrogens is 278 g/mol. The second-order valence-electron chi connectivity index (χ2n) is 5.49. The maximum Gasteiger partial charge on any atom is 0.267 e. The first-order valence-corrected chi connectivity index (χ1v) is 7.22. The maximum absolute atomic E-state index is 11.1. The zero-order chi connectivity index (χ0) is 16.3. The molecule has 0 aliphatic rings. The van der Waals surface area contributed by atoms with E-state index in [-0.39, 0.29) is 0 Å². The van der Waals surface area contributed by atoms with Gasteiger partial charge in [0.15, 0.2) is 0 Å². The van der Waals surface area contributed by atoms with Crippen molar-refractivity contribution in [3.05, 3.63) is 47.4 Å². The van der Waals surface area contributed by atoms with E-state index in [1.165, 1.54) is 6.08 Å². The van der Waals surface area contributed by atoms with Crippen molar-refractivity contribution >= 4 is 12.0 Å². The zero-order valence-electron chi connectivity index (χ0n) is 13.3. The van der Waals surface area contributed by atoms with Crippen LogP contribution in [0, 0.1) is 13.8 Å². The lowest BCUT2D eigenvalue weighted by Crippen LogP contribution is -2.14. The number of hydrogen-bond donors (Lipinski definition) is 2. The third kappa shape index (κ3) is 3.26. The molecule has 2 aromatic rings. The van der Waals surface area contributed by atoms with Crippen LogP contribution in [0.15, 0.2) is 30.3 Å². The lowest BCUT2D eigenvalue weighted by atomic mass is 10.1.